The van der Waals surface area contributed by atoms with Crippen LogP contribution in [0.15, 0.2) is 23.1 Å². The number of likely N-dealkylation sites (tertiary alicyclic amines) is 1. The third kappa shape index (κ3) is 3.47. The van der Waals surface area contributed by atoms with Gasteiger partial charge < -0.3 is 10.6 Å². The van der Waals surface area contributed by atoms with Crippen molar-refractivity contribution in [2.24, 2.45) is 0 Å². The molecule has 20 heavy (non-hydrogen) atoms. The smallest absolute Gasteiger partial charge is 0.240 e. The van der Waals surface area contributed by atoms with E-state index in [0.29, 0.717) is 0 Å². The maximum absolute atomic E-state index is 13.1. The number of nitrogens with zero attached hydrogens (tertiary/aromatic N) is 1. The molecule has 1 saturated heterocycles. The first-order valence-corrected chi connectivity index (χ1v) is 8.20. The van der Waals surface area contributed by atoms with Gasteiger partial charge in [-0.15, -0.1) is 0 Å². The van der Waals surface area contributed by atoms with Crippen molar-refractivity contribution < 1.29 is 12.8 Å². The molecule has 1 heterocycles. The molecule has 0 spiro atoms. The van der Waals surface area contributed by atoms with Gasteiger partial charge in [-0.05, 0) is 50.7 Å². The summed E-state index contributed by atoms with van der Waals surface area (Å²) in [5.41, 5.74) is 5.25. The van der Waals surface area contributed by atoms with Gasteiger partial charge in [0, 0.05) is 6.04 Å². The number of halogens is 1. The van der Waals surface area contributed by atoms with Crippen LogP contribution >= 0.6 is 0 Å². The molecule has 112 valence electrons. The zero-order valence-corrected chi connectivity index (χ0v) is 12.3. The predicted octanol–water partition coefficient (Wildman–Crippen LogP) is 1.17. The molecule has 7 heteroatoms. The summed E-state index contributed by atoms with van der Waals surface area (Å²) < 4.78 is 40.2. The topological polar surface area (TPSA) is 75.4 Å². The lowest BCUT2D eigenvalue weighted by Gasteiger charge is -2.31. The number of nitrogen functional groups attached to an aromatic ring is 1. The minimum absolute atomic E-state index is 0.00863. The van der Waals surface area contributed by atoms with Crippen LogP contribution in [0.2, 0.25) is 0 Å². The van der Waals surface area contributed by atoms with E-state index in [9.17, 15) is 12.8 Å². The van der Waals surface area contributed by atoms with Gasteiger partial charge in [0.05, 0.1) is 10.6 Å². The molecular formula is C13H20FN3O2S. The summed E-state index contributed by atoms with van der Waals surface area (Å²) in [6.45, 7) is 4.84. The Hall–Kier alpha value is -1.18. The molecule has 1 aromatic rings. The van der Waals surface area contributed by atoms with E-state index >= 15 is 0 Å². The standard InChI is InChI=1S/C13H20FN3O2S/c1-2-17-7-5-10(6-8-17)16-20(18,19)11-3-4-12(14)13(15)9-11/h3-4,9-10,16H,2,5-8,15H2,1H3. The first-order chi connectivity index (χ1) is 9.42. The maximum Gasteiger partial charge on any atom is 0.240 e. The van der Waals surface area contributed by atoms with Gasteiger partial charge in [0.15, 0.2) is 0 Å². The van der Waals surface area contributed by atoms with Crippen molar-refractivity contribution in [3.05, 3.63) is 24.0 Å². The predicted molar refractivity (Wildman–Crippen MR) is 76.3 cm³/mol. The number of sulfonamides is 1. The number of anilines is 1. The lowest BCUT2D eigenvalue weighted by Crippen LogP contribution is -2.44. The highest BCUT2D eigenvalue weighted by Gasteiger charge is 2.24. The van der Waals surface area contributed by atoms with Gasteiger partial charge in [-0.3, -0.25) is 0 Å². The highest BCUT2D eigenvalue weighted by atomic mass is 32.2. The van der Waals surface area contributed by atoms with E-state index < -0.39 is 15.8 Å². The molecule has 5 nitrogen and oxygen atoms in total. The molecule has 0 saturated carbocycles. The minimum atomic E-state index is -3.64. The molecule has 0 unspecified atom stereocenters. The molecule has 0 aliphatic carbocycles. The number of piperidine rings is 1. The Bertz CT molecular complexity index is 569. The fraction of sp³-hybridized carbons (Fsp3) is 0.538. The van der Waals surface area contributed by atoms with Crippen molar-refractivity contribution in [1.82, 2.24) is 9.62 Å². The summed E-state index contributed by atoms with van der Waals surface area (Å²) in [4.78, 5) is 2.29. The molecular weight excluding hydrogens is 281 g/mol. The summed E-state index contributed by atoms with van der Waals surface area (Å²) >= 11 is 0. The molecule has 0 atom stereocenters. The third-order valence-corrected chi connectivity index (χ3v) is 5.15. The summed E-state index contributed by atoms with van der Waals surface area (Å²) in [6, 6.07) is 3.38. The lowest BCUT2D eigenvalue weighted by molar-refractivity contribution is 0.217. The van der Waals surface area contributed by atoms with E-state index in [1.54, 1.807) is 0 Å². The molecule has 0 amide bonds. The average molecular weight is 301 g/mol. The Morgan fingerprint density at radius 3 is 2.60 bits per heavy atom. The van der Waals surface area contributed by atoms with Gasteiger partial charge in [-0.1, -0.05) is 6.92 Å². The minimum Gasteiger partial charge on any atom is -0.396 e. The quantitative estimate of drug-likeness (QED) is 0.819. The summed E-state index contributed by atoms with van der Waals surface area (Å²) in [6.07, 6.45) is 1.56. The second kappa shape index (κ2) is 6.07. The number of nitrogens with one attached hydrogen (secondary N) is 1. The second-order valence-electron chi connectivity index (χ2n) is 5.01. The molecule has 2 rings (SSSR count). The largest absolute Gasteiger partial charge is 0.396 e. The summed E-state index contributed by atoms with van der Waals surface area (Å²) in [7, 11) is -3.64. The number of nitrogens with two attached hydrogens (primary N) is 1. The third-order valence-electron chi connectivity index (χ3n) is 3.63. The summed E-state index contributed by atoms with van der Waals surface area (Å²) in [5, 5.41) is 0. The van der Waals surface area contributed by atoms with Gasteiger partial charge in [0.1, 0.15) is 5.82 Å². The van der Waals surface area contributed by atoms with Crippen molar-refractivity contribution in [3.8, 4) is 0 Å². The van der Waals surface area contributed by atoms with Gasteiger partial charge in [0.25, 0.3) is 0 Å². The Morgan fingerprint density at radius 2 is 2.05 bits per heavy atom. The highest BCUT2D eigenvalue weighted by Crippen LogP contribution is 2.18. The van der Waals surface area contributed by atoms with Crippen LogP contribution in [0.3, 0.4) is 0 Å². The van der Waals surface area contributed by atoms with Crippen LogP contribution in [0.25, 0.3) is 0 Å². The maximum atomic E-state index is 13.1. The number of hydrogen-bond donors (Lipinski definition) is 2. The monoisotopic (exact) mass is 301 g/mol. The average Bonchev–Trinajstić information content (AvgIpc) is 2.42. The van der Waals surface area contributed by atoms with E-state index in [1.807, 2.05) is 0 Å². The van der Waals surface area contributed by atoms with E-state index in [1.165, 1.54) is 6.07 Å². The van der Waals surface area contributed by atoms with E-state index in [2.05, 4.69) is 16.5 Å². The Morgan fingerprint density at radius 1 is 1.40 bits per heavy atom. The van der Waals surface area contributed by atoms with Crippen LogP contribution in [0.5, 0.6) is 0 Å². The van der Waals surface area contributed by atoms with E-state index in [-0.39, 0.29) is 16.6 Å². The van der Waals surface area contributed by atoms with Crippen LogP contribution < -0.4 is 10.5 Å². The molecule has 0 aromatic heterocycles. The van der Waals surface area contributed by atoms with Crippen molar-refractivity contribution in [2.75, 3.05) is 25.4 Å². The van der Waals surface area contributed by atoms with Gasteiger partial charge in [0.2, 0.25) is 10.0 Å². The van der Waals surface area contributed by atoms with Crippen molar-refractivity contribution >= 4 is 15.7 Å². The lowest BCUT2D eigenvalue weighted by atomic mass is 10.1. The Balaban J connectivity index is 2.06. The number of benzene rings is 1. The van der Waals surface area contributed by atoms with E-state index in [4.69, 9.17) is 5.73 Å². The molecule has 3 N–H and O–H groups in total. The Labute approximate surface area is 119 Å². The fourth-order valence-corrected chi connectivity index (χ4v) is 3.68. The molecule has 0 radical (unpaired) electrons. The van der Waals surface area contributed by atoms with Gasteiger partial charge in [-0.25, -0.2) is 17.5 Å². The summed E-state index contributed by atoms with van der Waals surface area (Å²) in [5.74, 6) is -0.611. The van der Waals surface area contributed by atoms with Crippen LogP contribution in [-0.2, 0) is 10.0 Å². The van der Waals surface area contributed by atoms with Crippen LogP contribution in [0, 0.1) is 5.82 Å². The van der Waals surface area contributed by atoms with Crippen molar-refractivity contribution in [1.29, 1.82) is 0 Å². The molecule has 1 aliphatic rings. The van der Waals surface area contributed by atoms with Crippen molar-refractivity contribution in [2.45, 2.75) is 30.7 Å². The number of hydrogen-bond acceptors (Lipinski definition) is 4. The second-order valence-corrected chi connectivity index (χ2v) is 6.73. The normalized spacial score (nSPS) is 18.3. The Kier molecular flexibility index (Phi) is 4.62. The first-order valence-electron chi connectivity index (χ1n) is 6.72. The van der Waals surface area contributed by atoms with Gasteiger partial charge >= 0.3 is 0 Å². The molecule has 0 bridgehead atoms. The first kappa shape index (κ1) is 15.2. The van der Waals surface area contributed by atoms with Gasteiger partial charge in [-0.2, -0.15) is 0 Å². The van der Waals surface area contributed by atoms with Crippen LogP contribution in [0.4, 0.5) is 10.1 Å². The number of rotatable bonds is 4. The molecule has 1 aromatic carbocycles. The van der Waals surface area contributed by atoms with Crippen LogP contribution in [-0.4, -0.2) is 39.0 Å². The highest BCUT2D eigenvalue weighted by molar-refractivity contribution is 7.89. The van der Waals surface area contributed by atoms with Crippen LogP contribution in [0.1, 0.15) is 19.8 Å². The van der Waals surface area contributed by atoms with Crippen molar-refractivity contribution in [3.63, 3.8) is 0 Å². The SMILES string of the molecule is CCN1CCC(NS(=O)(=O)c2ccc(F)c(N)c2)CC1. The zero-order valence-electron chi connectivity index (χ0n) is 11.5. The van der Waals surface area contributed by atoms with E-state index in [0.717, 1.165) is 44.6 Å². The fourth-order valence-electron chi connectivity index (χ4n) is 2.34. The zero-order chi connectivity index (χ0) is 14.8. The molecule has 1 fully saturated rings. The molecule has 1 aliphatic heterocycles.